The molecule has 1 atom stereocenters. The Morgan fingerprint density at radius 1 is 1.12 bits per heavy atom. The molecule has 0 spiro atoms. The largest absolute Gasteiger partial charge is 0.493 e. The highest BCUT2D eigenvalue weighted by atomic mass is 16.8. The monoisotopic (exact) mass is 334 g/mol. The summed E-state index contributed by atoms with van der Waals surface area (Å²) in [5.74, 6) is 0.397. The third-order valence-electron chi connectivity index (χ3n) is 4.01. The van der Waals surface area contributed by atoms with Crippen LogP contribution in [0.25, 0.3) is 11.0 Å². The van der Waals surface area contributed by atoms with Gasteiger partial charge >= 0.3 is 5.63 Å². The van der Waals surface area contributed by atoms with E-state index in [2.05, 4.69) is 0 Å². The van der Waals surface area contributed by atoms with Crippen LogP contribution < -0.4 is 15.1 Å². The van der Waals surface area contributed by atoms with Gasteiger partial charge in [-0.2, -0.15) is 0 Å². The Bertz CT molecular complexity index is 805. The van der Waals surface area contributed by atoms with Crippen LogP contribution in [0.3, 0.4) is 0 Å². The van der Waals surface area contributed by atoms with Crippen molar-refractivity contribution in [3.05, 3.63) is 34.7 Å². The van der Waals surface area contributed by atoms with E-state index in [1.54, 1.807) is 25.3 Å². The number of fused-ring (bicyclic) bond motifs is 1. The SMILES string of the molecule is COc1cc2ccc(=O)oc2cc1OCC1OC(C)(C)OC1(C)C. The summed E-state index contributed by atoms with van der Waals surface area (Å²) in [6.07, 6.45) is -0.240. The number of methoxy groups -OCH3 is 1. The molecule has 0 aliphatic carbocycles. The molecule has 0 saturated carbocycles. The number of hydrogen-bond acceptors (Lipinski definition) is 6. The van der Waals surface area contributed by atoms with Gasteiger partial charge in [0.05, 0.1) is 12.7 Å². The maximum Gasteiger partial charge on any atom is 0.336 e. The zero-order chi connectivity index (χ0) is 17.5. The van der Waals surface area contributed by atoms with Crippen molar-refractivity contribution in [2.75, 3.05) is 13.7 Å². The lowest BCUT2D eigenvalue weighted by Gasteiger charge is -2.24. The Balaban J connectivity index is 1.85. The van der Waals surface area contributed by atoms with Crippen molar-refractivity contribution in [1.29, 1.82) is 0 Å². The van der Waals surface area contributed by atoms with Crippen molar-refractivity contribution >= 4 is 11.0 Å². The lowest BCUT2D eigenvalue weighted by molar-refractivity contribution is -0.158. The van der Waals surface area contributed by atoms with Gasteiger partial charge in [-0.3, -0.25) is 0 Å². The van der Waals surface area contributed by atoms with E-state index in [4.69, 9.17) is 23.4 Å². The van der Waals surface area contributed by atoms with Gasteiger partial charge in [0, 0.05) is 17.5 Å². The second-order valence-electron chi connectivity index (χ2n) is 6.82. The molecule has 24 heavy (non-hydrogen) atoms. The molecule has 2 aromatic rings. The minimum atomic E-state index is -0.655. The summed E-state index contributed by atoms with van der Waals surface area (Å²) in [6, 6.07) is 6.49. The maximum atomic E-state index is 11.4. The molecule has 3 rings (SSSR count). The topological polar surface area (TPSA) is 67.1 Å². The molecule has 130 valence electrons. The third-order valence-corrected chi connectivity index (χ3v) is 4.01. The molecule has 1 aromatic heterocycles. The summed E-state index contributed by atoms with van der Waals surface area (Å²) in [4.78, 5) is 11.4. The van der Waals surface area contributed by atoms with Crippen LogP contribution in [0.5, 0.6) is 11.5 Å². The van der Waals surface area contributed by atoms with E-state index in [1.807, 2.05) is 27.7 Å². The van der Waals surface area contributed by atoms with E-state index < -0.39 is 17.0 Å². The average Bonchev–Trinajstić information content (AvgIpc) is 2.71. The summed E-state index contributed by atoms with van der Waals surface area (Å²) in [5.41, 5.74) is -0.435. The molecule has 1 aliphatic rings. The van der Waals surface area contributed by atoms with Gasteiger partial charge in [0.2, 0.25) is 0 Å². The van der Waals surface area contributed by atoms with Crippen molar-refractivity contribution in [3.8, 4) is 11.5 Å². The van der Waals surface area contributed by atoms with Crippen LogP contribution in [0, 0.1) is 0 Å². The van der Waals surface area contributed by atoms with Crippen molar-refractivity contribution in [2.24, 2.45) is 0 Å². The molecule has 2 heterocycles. The minimum absolute atomic E-state index is 0.240. The molecule has 1 fully saturated rings. The second-order valence-corrected chi connectivity index (χ2v) is 6.82. The fourth-order valence-electron chi connectivity index (χ4n) is 2.96. The van der Waals surface area contributed by atoms with Crippen LogP contribution in [0.4, 0.5) is 0 Å². The van der Waals surface area contributed by atoms with E-state index in [0.717, 1.165) is 5.39 Å². The maximum absolute atomic E-state index is 11.4. The highest BCUT2D eigenvalue weighted by Gasteiger charge is 2.47. The second kappa shape index (κ2) is 5.79. The van der Waals surface area contributed by atoms with E-state index in [1.165, 1.54) is 6.07 Å². The summed E-state index contributed by atoms with van der Waals surface area (Å²) < 4.78 is 28.3. The Kier molecular flexibility index (Phi) is 4.05. The zero-order valence-electron chi connectivity index (χ0n) is 14.5. The molecule has 1 aliphatic heterocycles. The predicted octanol–water partition coefficient (Wildman–Crippen LogP) is 3.11. The number of hydrogen-bond donors (Lipinski definition) is 0. The lowest BCUT2D eigenvalue weighted by Crippen LogP contribution is -2.37. The highest BCUT2D eigenvalue weighted by molar-refractivity contribution is 5.80. The van der Waals surface area contributed by atoms with E-state index in [0.29, 0.717) is 17.1 Å². The zero-order valence-corrected chi connectivity index (χ0v) is 14.5. The van der Waals surface area contributed by atoms with E-state index >= 15 is 0 Å². The van der Waals surface area contributed by atoms with E-state index in [9.17, 15) is 4.79 Å². The molecule has 1 aromatic carbocycles. The Morgan fingerprint density at radius 3 is 2.50 bits per heavy atom. The van der Waals surface area contributed by atoms with Crippen LogP contribution in [0.2, 0.25) is 0 Å². The Hall–Kier alpha value is -2.05. The fraction of sp³-hybridized carbons (Fsp3) is 0.500. The van der Waals surface area contributed by atoms with E-state index in [-0.39, 0.29) is 12.7 Å². The molecule has 0 radical (unpaired) electrons. The lowest BCUT2D eigenvalue weighted by atomic mass is 10.0. The van der Waals surface area contributed by atoms with Crippen LogP contribution in [-0.4, -0.2) is 31.2 Å². The summed E-state index contributed by atoms with van der Waals surface area (Å²) >= 11 is 0. The predicted molar refractivity (Wildman–Crippen MR) is 88.6 cm³/mol. The first-order valence-electron chi connectivity index (χ1n) is 7.83. The number of rotatable bonds is 4. The van der Waals surface area contributed by atoms with Gasteiger partial charge in [0.15, 0.2) is 17.3 Å². The summed E-state index contributed by atoms with van der Waals surface area (Å²) in [6.45, 7) is 7.97. The van der Waals surface area contributed by atoms with Gasteiger partial charge < -0.3 is 23.4 Å². The molecule has 6 nitrogen and oxygen atoms in total. The highest BCUT2D eigenvalue weighted by Crippen LogP contribution is 2.37. The van der Waals surface area contributed by atoms with Crippen LogP contribution in [0.1, 0.15) is 27.7 Å². The van der Waals surface area contributed by atoms with Gasteiger partial charge in [-0.05, 0) is 39.8 Å². The molecule has 6 heteroatoms. The summed E-state index contributed by atoms with van der Waals surface area (Å²) in [5, 5.41) is 0.765. The first kappa shape index (κ1) is 16.8. The molecule has 1 saturated heterocycles. The first-order valence-corrected chi connectivity index (χ1v) is 7.83. The first-order chi connectivity index (χ1) is 11.2. The van der Waals surface area contributed by atoms with Crippen LogP contribution >= 0.6 is 0 Å². The van der Waals surface area contributed by atoms with Gasteiger partial charge in [-0.1, -0.05) is 0 Å². The molecule has 0 amide bonds. The van der Waals surface area contributed by atoms with Gasteiger partial charge in [-0.25, -0.2) is 4.79 Å². The van der Waals surface area contributed by atoms with Crippen molar-refractivity contribution in [1.82, 2.24) is 0 Å². The standard InChI is InChI=1S/C18H22O6/c1-17(2)15(23-18(3,4)24-17)10-21-14-9-12-11(8-13(14)20-5)6-7-16(19)22-12/h6-9,15H,10H2,1-5H3. The molecule has 0 bridgehead atoms. The molecule has 0 N–H and O–H groups in total. The van der Waals surface area contributed by atoms with Gasteiger partial charge in [0.25, 0.3) is 0 Å². The Labute approximate surface area is 140 Å². The number of ether oxygens (including phenoxy) is 4. The fourth-order valence-corrected chi connectivity index (χ4v) is 2.96. The van der Waals surface area contributed by atoms with Crippen molar-refractivity contribution < 1.29 is 23.4 Å². The van der Waals surface area contributed by atoms with Crippen molar-refractivity contribution in [3.63, 3.8) is 0 Å². The Morgan fingerprint density at radius 2 is 1.88 bits per heavy atom. The molecular formula is C18H22O6. The molecule has 1 unspecified atom stereocenters. The third kappa shape index (κ3) is 3.25. The normalized spacial score (nSPS) is 21.8. The quantitative estimate of drug-likeness (QED) is 0.800. The van der Waals surface area contributed by atoms with Gasteiger partial charge in [0.1, 0.15) is 18.3 Å². The molecular weight excluding hydrogens is 312 g/mol. The number of benzene rings is 1. The van der Waals surface area contributed by atoms with Gasteiger partial charge in [-0.15, -0.1) is 0 Å². The van der Waals surface area contributed by atoms with Crippen LogP contribution in [0.15, 0.2) is 33.5 Å². The van der Waals surface area contributed by atoms with Crippen LogP contribution in [-0.2, 0) is 9.47 Å². The minimum Gasteiger partial charge on any atom is -0.493 e. The average molecular weight is 334 g/mol. The smallest absolute Gasteiger partial charge is 0.336 e. The van der Waals surface area contributed by atoms with Crippen molar-refractivity contribution in [2.45, 2.75) is 45.2 Å². The summed E-state index contributed by atoms with van der Waals surface area (Å²) in [7, 11) is 1.56.